The van der Waals surface area contributed by atoms with Gasteiger partial charge in [-0.2, -0.15) is 11.8 Å². The summed E-state index contributed by atoms with van der Waals surface area (Å²) in [6.07, 6.45) is 7.32. The summed E-state index contributed by atoms with van der Waals surface area (Å²) in [6, 6.07) is 4.38. The molecule has 0 aromatic carbocycles. The van der Waals surface area contributed by atoms with Crippen molar-refractivity contribution >= 4 is 17.6 Å². The van der Waals surface area contributed by atoms with Gasteiger partial charge in [0, 0.05) is 28.8 Å². The van der Waals surface area contributed by atoms with Crippen molar-refractivity contribution in [2.75, 3.05) is 18.0 Å². The molecule has 0 radical (unpaired) electrons. The lowest BCUT2D eigenvalue weighted by Crippen LogP contribution is -2.25. The maximum atomic E-state index is 5.98. The number of anilines is 1. The number of nitrogens with one attached hydrogen (secondary N) is 1. The van der Waals surface area contributed by atoms with Crippen molar-refractivity contribution in [3.8, 4) is 0 Å². The Labute approximate surface area is 114 Å². The summed E-state index contributed by atoms with van der Waals surface area (Å²) in [5.41, 5.74) is 7.12. The summed E-state index contributed by atoms with van der Waals surface area (Å²) in [6.45, 7) is 3.10. The highest BCUT2D eigenvalue weighted by Gasteiger charge is 2.19. The minimum atomic E-state index is 0.328. The summed E-state index contributed by atoms with van der Waals surface area (Å²) in [7, 11) is 0. The monoisotopic (exact) mass is 265 g/mol. The molecule has 2 rings (SSSR count). The quantitative estimate of drug-likeness (QED) is 0.830. The second kappa shape index (κ2) is 7.00. The number of thioether (sulfide) groups is 1. The van der Waals surface area contributed by atoms with Crippen LogP contribution in [0.15, 0.2) is 18.3 Å². The molecule has 1 aliphatic carbocycles. The van der Waals surface area contributed by atoms with Crippen molar-refractivity contribution < 1.29 is 0 Å². The average Bonchev–Trinajstić information content (AvgIpc) is 2.88. The van der Waals surface area contributed by atoms with E-state index in [0.29, 0.717) is 11.9 Å². The lowest BCUT2D eigenvalue weighted by Gasteiger charge is -2.20. The van der Waals surface area contributed by atoms with E-state index in [2.05, 4.69) is 35.1 Å². The van der Waals surface area contributed by atoms with Gasteiger partial charge in [-0.15, -0.1) is 0 Å². The Morgan fingerprint density at radius 1 is 1.50 bits per heavy atom. The third-order valence-electron chi connectivity index (χ3n) is 3.50. The molecule has 4 heteroatoms. The molecule has 3 N–H and O–H groups in total. The zero-order valence-electron chi connectivity index (χ0n) is 11.1. The van der Waals surface area contributed by atoms with Gasteiger partial charge in [-0.05, 0) is 25.5 Å². The Kier molecular flexibility index (Phi) is 5.32. The molecule has 18 heavy (non-hydrogen) atoms. The summed E-state index contributed by atoms with van der Waals surface area (Å²) in [5.74, 6) is 1.75. The molecule has 100 valence electrons. The van der Waals surface area contributed by atoms with Crippen LogP contribution in [0.5, 0.6) is 0 Å². The first-order valence-corrected chi connectivity index (χ1v) is 7.91. The summed E-state index contributed by atoms with van der Waals surface area (Å²) in [4.78, 5) is 4.19. The predicted molar refractivity (Wildman–Crippen MR) is 79.8 cm³/mol. The van der Waals surface area contributed by atoms with E-state index < -0.39 is 0 Å². The van der Waals surface area contributed by atoms with Crippen LogP contribution < -0.4 is 11.1 Å². The highest BCUT2D eigenvalue weighted by atomic mass is 32.2. The van der Waals surface area contributed by atoms with Gasteiger partial charge in [-0.1, -0.05) is 25.8 Å². The summed E-state index contributed by atoms with van der Waals surface area (Å²) < 4.78 is 0. The summed E-state index contributed by atoms with van der Waals surface area (Å²) in [5, 5.41) is 4.37. The van der Waals surface area contributed by atoms with Gasteiger partial charge < -0.3 is 11.1 Å². The van der Waals surface area contributed by atoms with Crippen LogP contribution in [0.25, 0.3) is 0 Å². The number of pyridine rings is 1. The van der Waals surface area contributed by atoms with Gasteiger partial charge in [-0.25, -0.2) is 4.98 Å². The first kappa shape index (κ1) is 13.7. The van der Waals surface area contributed by atoms with Crippen LogP contribution in [0.3, 0.4) is 0 Å². The molecule has 1 aromatic rings. The van der Waals surface area contributed by atoms with Crippen LogP contribution in [0.2, 0.25) is 0 Å². The number of nitrogen functional groups attached to an aromatic ring is 1. The van der Waals surface area contributed by atoms with Crippen molar-refractivity contribution in [3.05, 3.63) is 23.9 Å². The number of hydrogen-bond acceptors (Lipinski definition) is 4. The number of rotatable bonds is 6. The third-order valence-corrected chi connectivity index (χ3v) is 4.97. The fourth-order valence-electron chi connectivity index (χ4n) is 2.52. The Morgan fingerprint density at radius 2 is 2.28 bits per heavy atom. The number of nitrogens with zero attached hydrogens (tertiary/aromatic N) is 1. The SMILES string of the molecule is CCNC(CSC1CCCC1)c1cccnc1N. The molecule has 3 nitrogen and oxygen atoms in total. The Balaban J connectivity index is 1.96. The molecule has 1 heterocycles. The van der Waals surface area contributed by atoms with Gasteiger partial charge >= 0.3 is 0 Å². The van der Waals surface area contributed by atoms with Crippen molar-refractivity contribution in [3.63, 3.8) is 0 Å². The molecule has 1 unspecified atom stereocenters. The number of hydrogen-bond donors (Lipinski definition) is 2. The Hall–Kier alpha value is -0.740. The zero-order valence-corrected chi connectivity index (χ0v) is 11.9. The number of nitrogens with two attached hydrogens (primary N) is 1. The predicted octanol–water partition coefficient (Wildman–Crippen LogP) is 2.99. The number of aromatic nitrogens is 1. The molecule has 0 saturated heterocycles. The Morgan fingerprint density at radius 3 is 2.94 bits per heavy atom. The highest BCUT2D eigenvalue weighted by molar-refractivity contribution is 7.99. The molecule has 1 saturated carbocycles. The summed E-state index contributed by atoms with van der Waals surface area (Å²) >= 11 is 2.09. The van der Waals surface area contributed by atoms with E-state index in [0.717, 1.165) is 23.1 Å². The van der Waals surface area contributed by atoms with Crippen molar-refractivity contribution in [1.82, 2.24) is 10.3 Å². The van der Waals surface area contributed by atoms with Crippen LogP contribution in [-0.2, 0) is 0 Å². The first-order chi connectivity index (χ1) is 8.81. The third kappa shape index (κ3) is 3.62. The molecule has 0 aliphatic heterocycles. The largest absolute Gasteiger partial charge is 0.383 e. The maximum absolute atomic E-state index is 5.98. The van der Waals surface area contributed by atoms with Crippen LogP contribution in [0, 0.1) is 0 Å². The molecular weight excluding hydrogens is 242 g/mol. The smallest absolute Gasteiger partial charge is 0.128 e. The van der Waals surface area contributed by atoms with E-state index in [1.165, 1.54) is 25.7 Å². The van der Waals surface area contributed by atoms with Crippen molar-refractivity contribution in [1.29, 1.82) is 0 Å². The maximum Gasteiger partial charge on any atom is 0.128 e. The molecule has 1 aromatic heterocycles. The van der Waals surface area contributed by atoms with Gasteiger partial charge in [0.1, 0.15) is 5.82 Å². The molecule has 1 aliphatic rings. The minimum Gasteiger partial charge on any atom is -0.383 e. The normalized spacial score (nSPS) is 18.1. The first-order valence-electron chi connectivity index (χ1n) is 6.86. The van der Waals surface area contributed by atoms with E-state index in [1.807, 2.05) is 6.07 Å². The van der Waals surface area contributed by atoms with Gasteiger partial charge in [0.25, 0.3) is 0 Å². The molecule has 0 spiro atoms. The van der Waals surface area contributed by atoms with E-state index in [9.17, 15) is 0 Å². The van der Waals surface area contributed by atoms with Crippen molar-refractivity contribution in [2.45, 2.75) is 43.9 Å². The second-order valence-corrected chi connectivity index (χ2v) is 6.16. The molecule has 0 amide bonds. The lowest BCUT2D eigenvalue weighted by molar-refractivity contribution is 0.605. The Bertz CT molecular complexity index is 364. The fourth-order valence-corrected chi connectivity index (χ4v) is 3.95. The van der Waals surface area contributed by atoms with Gasteiger partial charge in [0.15, 0.2) is 0 Å². The molecule has 1 atom stereocenters. The van der Waals surface area contributed by atoms with E-state index in [4.69, 9.17) is 5.73 Å². The van der Waals surface area contributed by atoms with Crippen LogP contribution in [-0.4, -0.2) is 22.5 Å². The average molecular weight is 265 g/mol. The molecule has 0 bridgehead atoms. The van der Waals surface area contributed by atoms with Crippen LogP contribution in [0.1, 0.15) is 44.2 Å². The van der Waals surface area contributed by atoms with Crippen molar-refractivity contribution in [2.24, 2.45) is 0 Å². The second-order valence-electron chi connectivity index (χ2n) is 4.83. The molecular formula is C14H23N3S. The standard InChI is InChI=1S/C14H23N3S/c1-2-16-13(10-18-11-6-3-4-7-11)12-8-5-9-17-14(12)15/h5,8-9,11,13,16H,2-4,6-7,10H2,1H3,(H2,15,17). The van der Waals surface area contributed by atoms with Crippen LogP contribution >= 0.6 is 11.8 Å². The van der Waals surface area contributed by atoms with E-state index in [1.54, 1.807) is 6.20 Å². The van der Waals surface area contributed by atoms with Gasteiger partial charge in [-0.3, -0.25) is 0 Å². The zero-order chi connectivity index (χ0) is 12.8. The minimum absolute atomic E-state index is 0.328. The lowest BCUT2D eigenvalue weighted by atomic mass is 10.1. The topological polar surface area (TPSA) is 50.9 Å². The highest BCUT2D eigenvalue weighted by Crippen LogP contribution is 2.32. The van der Waals surface area contributed by atoms with Gasteiger partial charge in [0.05, 0.1) is 0 Å². The van der Waals surface area contributed by atoms with E-state index >= 15 is 0 Å². The molecule has 1 fully saturated rings. The fraction of sp³-hybridized carbons (Fsp3) is 0.643. The van der Waals surface area contributed by atoms with Gasteiger partial charge in [0.2, 0.25) is 0 Å². The van der Waals surface area contributed by atoms with E-state index in [-0.39, 0.29) is 0 Å². The van der Waals surface area contributed by atoms with Crippen LogP contribution in [0.4, 0.5) is 5.82 Å².